The number of aryl methyl sites for hydroxylation is 1. The second-order valence-corrected chi connectivity index (χ2v) is 11.0. The summed E-state index contributed by atoms with van der Waals surface area (Å²) in [6.45, 7) is 1.67. The van der Waals surface area contributed by atoms with Crippen molar-refractivity contribution >= 4 is 58.2 Å². The van der Waals surface area contributed by atoms with Crippen LogP contribution < -0.4 is 27.1 Å². The van der Waals surface area contributed by atoms with E-state index in [-0.39, 0.29) is 38.9 Å². The van der Waals surface area contributed by atoms with E-state index in [0.29, 0.717) is 27.8 Å². The SMILES string of the molecule is Cc1cc(-n2c(=O)[nH]c(=O)n(C)c2=O)ccc1Oc1ccc(SC(F)(F)F)cc1.Clc1nc(Cl)nc(Nc2ccccc2Cl)n1. The number of H-pyrrole nitrogens is 1. The Morgan fingerprint density at radius 2 is 1.53 bits per heavy atom. The van der Waals surface area contributed by atoms with Gasteiger partial charge in [0.25, 0.3) is 0 Å². The number of anilines is 2. The summed E-state index contributed by atoms with van der Waals surface area (Å²) in [6, 6.07) is 17.1. The number of hydrogen-bond acceptors (Lipinski definition) is 9. The summed E-state index contributed by atoms with van der Waals surface area (Å²) in [6.07, 6.45) is 0. The van der Waals surface area contributed by atoms with Crippen molar-refractivity contribution in [1.82, 2.24) is 29.1 Å². The Morgan fingerprint density at radius 1 is 0.889 bits per heavy atom. The van der Waals surface area contributed by atoms with Gasteiger partial charge in [0.05, 0.1) is 16.4 Å². The van der Waals surface area contributed by atoms with Crippen molar-refractivity contribution in [2.75, 3.05) is 5.32 Å². The fraction of sp³-hybridized carbons (Fsp3) is 0.111. The van der Waals surface area contributed by atoms with Gasteiger partial charge in [-0.15, -0.1) is 0 Å². The number of alkyl halides is 3. The maximum absolute atomic E-state index is 12.4. The average Bonchev–Trinajstić information content (AvgIpc) is 2.94. The fourth-order valence-electron chi connectivity index (χ4n) is 3.57. The van der Waals surface area contributed by atoms with Gasteiger partial charge in [-0.2, -0.15) is 28.1 Å². The van der Waals surface area contributed by atoms with Crippen LogP contribution in [-0.4, -0.2) is 34.6 Å². The minimum absolute atomic E-state index is 0.0227. The molecular formula is C27H19Cl3F3N7O4S. The van der Waals surface area contributed by atoms with Crippen LogP contribution in [0.25, 0.3) is 5.69 Å². The van der Waals surface area contributed by atoms with Crippen molar-refractivity contribution in [3.63, 3.8) is 0 Å². The van der Waals surface area contributed by atoms with Gasteiger partial charge in [0.1, 0.15) is 11.5 Å². The van der Waals surface area contributed by atoms with Crippen LogP contribution in [0.2, 0.25) is 15.6 Å². The molecule has 5 rings (SSSR count). The number of halogens is 6. The van der Waals surface area contributed by atoms with E-state index >= 15 is 0 Å². The highest BCUT2D eigenvalue weighted by Crippen LogP contribution is 2.38. The summed E-state index contributed by atoms with van der Waals surface area (Å²) < 4.78 is 44.4. The summed E-state index contributed by atoms with van der Waals surface area (Å²) in [7, 11) is 1.24. The third-order valence-corrected chi connectivity index (χ3v) is 7.01. The maximum Gasteiger partial charge on any atom is 0.446 e. The molecule has 45 heavy (non-hydrogen) atoms. The first kappa shape index (κ1) is 33.6. The predicted molar refractivity (Wildman–Crippen MR) is 166 cm³/mol. The topological polar surface area (TPSA) is 137 Å². The molecule has 234 valence electrons. The number of aromatic nitrogens is 6. The minimum atomic E-state index is -4.37. The van der Waals surface area contributed by atoms with E-state index < -0.39 is 22.6 Å². The molecule has 0 saturated carbocycles. The molecule has 0 aliphatic heterocycles. The molecule has 0 spiro atoms. The van der Waals surface area contributed by atoms with Crippen LogP contribution in [0.15, 0.2) is 86.0 Å². The number of nitrogens with zero attached hydrogens (tertiary/aromatic N) is 5. The van der Waals surface area contributed by atoms with Crippen molar-refractivity contribution in [2.24, 2.45) is 7.05 Å². The van der Waals surface area contributed by atoms with Crippen LogP contribution in [-0.2, 0) is 7.05 Å². The van der Waals surface area contributed by atoms with Gasteiger partial charge < -0.3 is 10.1 Å². The summed E-state index contributed by atoms with van der Waals surface area (Å²) >= 11 is 17.0. The Balaban J connectivity index is 0.000000242. The van der Waals surface area contributed by atoms with E-state index in [1.54, 1.807) is 19.1 Å². The Morgan fingerprint density at radius 3 is 2.13 bits per heavy atom. The number of ether oxygens (including phenoxy) is 1. The molecule has 0 radical (unpaired) electrons. The van der Waals surface area contributed by atoms with E-state index in [0.717, 1.165) is 9.13 Å². The molecule has 2 heterocycles. The predicted octanol–water partition coefficient (Wildman–Crippen LogP) is 6.51. The van der Waals surface area contributed by atoms with Gasteiger partial charge in [-0.05, 0) is 102 Å². The Hall–Kier alpha value is -4.31. The van der Waals surface area contributed by atoms with Gasteiger partial charge in [0.15, 0.2) is 0 Å². The first-order valence-electron chi connectivity index (χ1n) is 12.4. The van der Waals surface area contributed by atoms with E-state index in [9.17, 15) is 27.6 Å². The third kappa shape index (κ3) is 9.11. The quantitative estimate of drug-likeness (QED) is 0.190. The summed E-state index contributed by atoms with van der Waals surface area (Å²) in [5.74, 6) is 0.960. The van der Waals surface area contributed by atoms with Crippen LogP contribution in [0.3, 0.4) is 0 Å². The second kappa shape index (κ2) is 14.2. The van der Waals surface area contributed by atoms with E-state index in [2.05, 4.69) is 20.3 Å². The summed E-state index contributed by atoms with van der Waals surface area (Å²) in [5, 5.41) is 3.49. The van der Waals surface area contributed by atoms with Crippen molar-refractivity contribution in [2.45, 2.75) is 17.3 Å². The number of hydrogen-bond donors (Lipinski definition) is 2. The highest BCUT2D eigenvalue weighted by Gasteiger charge is 2.29. The normalized spacial score (nSPS) is 11.0. The van der Waals surface area contributed by atoms with Gasteiger partial charge in [-0.1, -0.05) is 23.7 Å². The molecule has 11 nitrogen and oxygen atoms in total. The zero-order chi connectivity index (χ0) is 32.9. The van der Waals surface area contributed by atoms with Crippen LogP contribution in [0.1, 0.15) is 5.56 Å². The molecular weight excluding hydrogens is 682 g/mol. The highest BCUT2D eigenvalue weighted by molar-refractivity contribution is 8.00. The first-order chi connectivity index (χ1) is 21.2. The van der Waals surface area contributed by atoms with E-state index in [4.69, 9.17) is 39.5 Å². The van der Waals surface area contributed by atoms with Crippen LogP contribution in [0, 0.1) is 6.92 Å². The summed E-state index contributed by atoms with van der Waals surface area (Å²) in [5.41, 5.74) is -5.40. The molecule has 0 atom stereocenters. The smallest absolute Gasteiger partial charge is 0.446 e. The van der Waals surface area contributed by atoms with Gasteiger partial charge in [0, 0.05) is 11.9 Å². The Labute approximate surface area is 270 Å². The van der Waals surface area contributed by atoms with Gasteiger partial charge in [-0.3, -0.25) is 4.98 Å². The lowest BCUT2D eigenvalue weighted by Gasteiger charge is -2.12. The van der Waals surface area contributed by atoms with E-state index in [1.165, 1.54) is 49.5 Å². The maximum atomic E-state index is 12.4. The first-order valence-corrected chi connectivity index (χ1v) is 14.3. The average molecular weight is 701 g/mol. The van der Waals surface area contributed by atoms with Gasteiger partial charge in [0.2, 0.25) is 16.5 Å². The third-order valence-electron chi connectivity index (χ3n) is 5.60. The molecule has 18 heteroatoms. The largest absolute Gasteiger partial charge is 0.457 e. The lowest BCUT2D eigenvalue weighted by atomic mass is 10.2. The molecule has 0 bridgehead atoms. The number of rotatable bonds is 6. The van der Waals surface area contributed by atoms with Gasteiger partial charge in [-0.25, -0.2) is 23.5 Å². The summed E-state index contributed by atoms with van der Waals surface area (Å²) in [4.78, 5) is 49.1. The van der Waals surface area contributed by atoms with E-state index in [1.807, 2.05) is 17.1 Å². The van der Waals surface area contributed by atoms with Crippen molar-refractivity contribution in [3.8, 4) is 17.2 Å². The van der Waals surface area contributed by atoms with Gasteiger partial charge >= 0.3 is 22.6 Å². The van der Waals surface area contributed by atoms with Crippen LogP contribution >= 0.6 is 46.6 Å². The number of para-hydroxylation sites is 1. The molecule has 2 N–H and O–H groups in total. The molecule has 0 amide bonds. The second-order valence-electron chi connectivity index (χ2n) is 8.79. The molecule has 0 aliphatic carbocycles. The monoisotopic (exact) mass is 699 g/mol. The number of aromatic amines is 1. The van der Waals surface area contributed by atoms with Crippen LogP contribution in [0.4, 0.5) is 24.8 Å². The van der Waals surface area contributed by atoms with Crippen molar-refractivity contribution in [3.05, 3.63) is 119 Å². The van der Waals surface area contributed by atoms with Crippen molar-refractivity contribution < 1.29 is 17.9 Å². The van der Waals surface area contributed by atoms with Crippen LogP contribution in [0.5, 0.6) is 11.5 Å². The zero-order valence-electron chi connectivity index (χ0n) is 22.9. The molecule has 3 aromatic carbocycles. The standard InChI is InChI=1S/C18H14F3N3O4S.C9H5Cl3N4/c1-10-9-11(24-16(26)22-15(25)23(2)17(24)27)3-8-14(10)28-12-4-6-13(7-5-12)29-18(19,20)21;10-5-3-1-2-4-6(5)13-9-15-7(11)14-8(12)16-9/h3-9H,1-2H3,(H,22,25,26);1-4H,(H,13,14,15,16). The lowest BCUT2D eigenvalue weighted by Crippen LogP contribution is -2.47. The Kier molecular flexibility index (Phi) is 10.6. The minimum Gasteiger partial charge on any atom is -0.457 e. The molecule has 5 aromatic rings. The molecule has 0 unspecified atom stereocenters. The molecule has 0 saturated heterocycles. The molecule has 0 fully saturated rings. The highest BCUT2D eigenvalue weighted by atomic mass is 35.5. The number of benzene rings is 3. The Bertz CT molecular complexity index is 2000. The molecule has 0 aliphatic rings. The fourth-order valence-corrected chi connectivity index (χ4v) is 4.66. The molecule has 2 aromatic heterocycles. The number of thioether (sulfide) groups is 1. The zero-order valence-corrected chi connectivity index (χ0v) is 26.0. The van der Waals surface area contributed by atoms with Crippen molar-refractivity contribution in [1.29, 1.82) is 0 Å². The number of nitrogens with one attached hydrogen (secondary N) is 2. The lowest BCUT2D eigenvalue weighted by molar-refractivity contribution is -0.0328.